The molecule has 21 heavy (non-hydrogen) atoms. The van der Waals surface area contributed by atoms with Crippen molar-refractivity contribution < 1.29 is 27.8 Å². The maximum atomic E-state index is 12.4. The number of alkyl halides is 3. The minimum Gasteiger partial charge on any atom is -0.462 e. The van der Waals surface area contributed by atoms with Gasteiger partial charge in [-0.1, -0.05) is 12.1 Å². The van der Waals surface area contributed by atoms with E-state index >= 15 is 0 Å². The predicted octanol–water partition coefficient (Wildman–Crippen LogP) is 3.09. The van der Waals surface area contributed by atoms with E-state index < -0.39 is 29.4 Å². The molecule has 2 rings (SSSR count). The summed E-state index contributed by atoms with van der Waals surface area (Å²) in [5.41, 5.74) is -1.01. The molecule has 0 bridgehead atoms. The van der Waals surface area contributed by atoms with Gasteiger partial charge in [0.05, 0.1) is 17.6 Å². The first-order valence-electron chi connectivity index (χ1n) is 6.74. The Morgan fingerprint density at radius 2 is 1.95 bits per heavy atom. The number of benzene rings is 1. The lowest BCUT2D eigenvalue weighted by molar-refractivity contribution is -0.168. The predicted molar refractivity (Wildman–Crippen MR) is 69.5 cm³/mol. The number of hydrogen-bond acceptors (Lipinski definition) is 3. The number of carbonyl (C=O) groups excluding carboxylic acids is 1. The highest BCUT2D eigenvalue weighted by Crippen LogP contribution is 2.30. The molecule has 0 aromatic heterocycles. The van der Waals surface area contributed by atoms with Gasteiger partial charge in [-0.05, 0) is 37.5 Å². The number of rotatable bonds is 3. The summed E-state index contributed by atoms with van der Waals surface area (Å²) in [6.07, 6.45) is -3.44. The Morgan fingerprint density at radius 3 is 2.48 bits per heavy atom. The molecule has 2 atom stereocenters. The van der Waals surface area contributed by atoms with Crippen LogP contribution < -0.4 is 0 Å². The standard InChI is InChI=1S/C15H17F3O3/c1-14(20)8-12(21-13(19)9-14)7-4-10-2-5-11(6-3-10)15(16,17)18/h2-3,5-6,12,20H,4,7-9H2,1H3. The Labute approximate surface area is 120 Å². The van der Waals surface area contributed by atoms with Gasteiger partial charge in [0.1, 0.15) is 6.10 Å². The largest absolute Gasteiger partial charge is 0.462 e. The van der Waals surface area contributed by atoms with Gasteiger partial charge < -0.3 is 9.84 Å². The minimum atomic E-state index is -4.34. The molecule has 0 radical (unpaired) electrons. The molecular weight excluding hydrogens is 285 g/mol. The van der Waals surface area contributed by atoms with Crippen LogP contribution in [0.3, 0.4) is 0 Å². The average molecular weight is 302 g/mol. The van der Waals surface area contributed by atoms with E-state index in [0.717, 1.165) is 17.7 Å². The second-order valence-electron chi connectivity index (χ2n) is 5.72. The SMILES string of the molecule is CC1(O)CC(=O)OC(CCc2ccc(C(F)(F)F)cc2)C1. The van der Waals surface area contributed by atoms with E-state index in [-0.39, 0.29) is 6.42 Å². The second-order valence-corrected chi connectivity index (χ2v) is 5.72. The van der Waals surface area contributed by atoms with E-state index in [1.165, 1.54) is 12.1 Å². The fourth-order valence-corrected chi connectivity index (χ4v) is 2.49. The Kier molecular flexibility index (Phi) is 4.27. The van der Waals surface area contributed by atoms with E-state index in [9.17, 15) is 23.1 Å². The van der Waals surface area contributed by atoms with Gasteiger partial charge in [0.25, 0.3) is 0 Å². The molecule has 1 fully saturated rings. The van der Waals surface area contributed by atoms with Crippen molar-refractivity contribution in [1.29, 1.82) is 0 Å². The number of cyclic esters (lactones) is 1. The number of ether oxygens (including phenoxy) is 1. The van der Waals surface area contributed by atoms with Crippen LogP contribution in [0.15, 0.2) is 24.3 Å². The van der Waals surface area contributed by atoms with Gasteiger partial charge in [-0.3, -0.25) is 4.79 Å². The third-order valence-electron chi connectivity index (χ3n) is 3.53. The molecule has 3 nitrogen and oxygen atoms in total. The third-order valence-corrected chi connectivity index (χ3v) is 3.53. The smallest absolute Gasteiger partial charge is 0.416 e. The summed E-state index contributed by atoms with van der Waals surface area (Å²) in [5.74, 6) is -0.441. The quantitative estimate of drug-likeness (QED) is 0.873. The molecule has 1 aliphatic heterocycles. The van der Waals surface area contributed by atoms with Gasteiger partial charge in [-0.25, -0.2) is 0 Å². The van der Waals surface area contributed by atoms with Crippen molar-refractivity contribution >= 4 is 5.97 Å². The molecule has 116 valence electrons. The van der Waals surface area contributed by atoms with Crippen LogP contribution >= 0.6 is 0 Å². The van der Waals surface area contributed by atoms with Gasteiger partial charge >= 0.3 is 12.1 Å². The zero-order valence-corrected chi connectivity index (χ0v) is 11.6. The zero-order chi connectivity index (χ0) is 15.7. The molecule has 1 aromatic carbocycles. The Bertz CT molecular complexity index is 506. The fourth-order valence-electron chi connectivity index (χ4n) is 2.49. The van der Waals surface area contributed by atoms with Crippen molar-refractivity contribution in [2.24, 2.45) is 0 Å². The first kappa shape index (κ1) is 15.8. The van der Waals surface area contributed by atoms with E-state index in [0.29, 0.717) is 19.3 Å². The molecule has 0 spiro atoms. The van der Waals surface area contributed by atoms with E-state index in [1.807, 2.05) is 0 Å². The number of halogens is 3. The molecule has 0 aliphatic carbocycles. The maximum Gasteiger partial charge on any atom is 0.416 e. The fraction of sp³-hybridized carbons (Fsp3) is 0.533. The van der Waals surface area contributed by atoms with Gasteiger partial charge in [-0.2, -0.15) is 13.2 Å². The number of aliphatic hydroxyl groups is 1. The number of hydrogen-bond donors (Lipinski definition) is 1. The first-order valence-corrected chi connectivity index (χ1v) is 6.74. The van der Waals surface area contributed by atoms with E-state index in [1.54, 1.807) is 6.92 Å². The summed E-state index contributed by atoms with van der Waals surface area (Å²) in [5, 5.41) is 9.91. The van der Waals surface area contributed by atoms with E-state index in [4.69, 9.17) is 4.74 Å². The molecule has 2 unspecified atom stereocenters. The molecular formula is C15H17F3O3. The molecule has 6 heteroatoms. The van der Waals surface area contributed by atoms with Crippen molar-refractivity contribution in [3.05, 3.63) is 35.4 Å². The van der Waals surface area contributed by atoms with Crippen molar-refractivity contribution in [1.82, 2.24) is 0 Å². The monoisotopic (exact) mass is 302 g/mol. The zero-order valence-electron chi connectivity index (χ0n) is 11.6. The average Bonchev–Trinajstić information content (AvgIpc) is 2.33. The molecule has 1 aromatic rings. The lowest BCUT2D eigenvalue weighted by Gasteiger charge is -2.33. The van der Waals surface area contributed by atoms with Crippen LogP contribution in [0.1, 0.15) is 37.3 Å². The molecule has 1 aliphatic rings. The van der Waals surface area contributed by atoms with Gasteiger partial charge in [0.2, 0.25) is 0 Å². The van der Waals surface area contributed by atoms with Crippen LogP contribution in [0, 0.1) is 0 Å². The van der Waals surface area contributed by atoms with Crippen LogP contribution in [0.2, 0.25) is 0 Å². The summed E-state index contributed by atoms with van der Waals surface area (Å²) in [4.78, 5) is 11.3. The highest BCUT2D eigenvalue weighted by atomic mass is 19.4. The highest BCUT2D eigenvalue weighted by molar-refractivity contribution is 5.71. The van der Waals surface area contributed by atoms with Gasteiger partial charge in [0.15, 0.2) is 0 Å². The maximum absolute atomic E-state index is 12.4. The van der Waals surface area contributed by atoms with Crippen molar-refractivity contribution in [3.8, 4) is 0 Å². The molecule has 0 amide bonds. The van der Waals surface area contributed by atoms with Crippen molar-refractivity contribution in [2.75, 3.05) is 0 Å². The van der Waals surface area contributed by atoms with Crippen LogP contribution in [0.4, 0.5) is 13.2 Å². The summed E-state index contributed by atoms with van der Waals surface area (Å²) < 4.78 is 42.5. The summed E-state index contributed by atoms with van der Waals surface area (Å²) in [6.45, 7) is 1.58. The Hall–Kier alpha value is -1.56. The lowest BCUT2D eigenvalue weighted by atomic mass is 9.89. The lowest BCUT2D eigenvalue weighted by Crippen LogP contribution is -2.41. The van der Waals surface area contributed by atoms with E-state index in [2.05, 4.69) is 0 Å². The minimum absolute atomic E-state index is 0.0240. The first-order chi connectivity index (χ1) is 9.66. The topological polar surface area (TPSA) is 46.5 Å². The molecule has 1 N–H and O–H groups in total. The summed E-state index contributed by atoms with van der Waals surface area (Å²) in [7, 11) is 0. The third kappa shape index (κ3) is 4.46. The number of carbonyl (C=O) groups is 1. The van der Waals surface area contributed by atoms with Gasteiger partial charge in [0, 0.05) is 6.42 Å². The van der Waals surface area contributed by atoms with Crippen LogP contribution in [0.25, 0.3) is 0 Å². The second kappa shape index (κ2) is 5.67. The Morgan fingerprint density at radius 1 is 1.33 bits per heavy atom. The van der Waals surface area contributed by atoms with Crippen molar-refractivity contribution in [2.45, 2.75) is 50.5 Å². The summed E-state index contributed by atoms with van der Waals surface area (Å²) >= 11 is 0. The van der Waals surface area contributed by atoms with Crippen LogP contribution in [-0.4, -0.2) is 22.8 Å². The molecule has 0 saturated carbocycles. The highest BCUT2D eigenvalue weighted by Gasteiger charge is 2.36. The molecule has 1 saturated heterocycles. The van der Waals surface area contributed by atoms with Crippen LogP contribution in [-0.2, 0) is 22.1 Å². The van der Waals surface area contributed by atoms with Crippen LogP contribution in [0.5, 0.6) is 0 Å². The van der Waals surface area contributed by atoms with Gasteiger partial charge in [-0.15, -0.1) is 0 Å². The number of aryl methyl sites for hydroxylation is 1. The molecule has 1 heterocycles. The Balaban J connectivity index is 1.92. The van der Waals surface area contributed by atoms with Crippen molar-refractivity contribution in [3.63, 3.8) is 0 Å². The number of esters is 1. The summed E-state index contributed by atoms with van der Waals surface area (Å²) in [6, 6.07) is 4.92. The normalized spacial score (nSPS) is 26.5.